The van der Waals surface area contributed by atoms with Gasteiger partial charge in [0.2, 0.25) is 5.91 Å². The number of aromatic nitrogens is 2. The van der Waals surface area contributed by atoms with Crippen molar-refractivity contribution in [3.8, 4) is 5.75 Å². The number of rotatable bonds is 8. The molecule has 6 nitrogen and oxygen atoms in total. The minimum atomic E-state index is -0.151. The van der Waals surface area contributed by atoms with Crippen LogP contribution in [0.1, 0.15) is 32.0 Å². The number of benzene rings is 2. The fourth-order valence-electron chi connectivity index (χ4n) is 2.79. The zero-order valence-corrected chi connectivity index (χ0v) is 15.3. The number of amides is 1. The first-order valence-corrected chi connectivity index (χ1v) is 9.17. The molecule has 0 radical (unpaired) electrons. The lowest BCUT2D eigenvalue weighted by molar-refractivity contribution is -0.116. The Morgan fingerprint density at radius 1 is 1.15 bits per heavy atom. The Balaban J connectivity index is 1.57. The second kappa shape index (κ2) is 8.98. The molecule has 3 rings (SSSR count). The molecule has 27 heavy (non-hydrogen) atoms. The van der Waals surface area contributed by atoms with Gasteiger partial charge in [-0.25, -0.2) is 4.98 Å². The van der Waals surface area contributed by atoms with Crippen molar-refractivity contribution in [2.75, 3.05) is 11.9 Å². The van der Waals surface area contributed by atoms with Gasteiger partial charge in [0.25, 0.3) is 5.56 Å². The van der Waals surface area contributed by atoms with Crippen molar-refractivity contribution in [3.63, 3.8) is 0 Å². The molecule has 0 atom stereocenters. The van der Waals surface area contributed by atoms with E-state index in [1.807, 2.05) is 49.4 Å². The fourth-order valence-corrected chi connectivity index (χ4v) is 2.79. The van der Waals surface area contributed by atoms with Gasteiger partial charge in [-0.05, 0) is 37.1 Å². The van der Waals surface area contributed by atoms with Crippen molar-refractivity contribution in [2.24, 2.45) is 0 Å². The summed E-state index contributed by atoms with van der Waals surface area (Å²) >= 11 is 0. The molecule has 2 aromatic carbocycles. The minimum absolute atomic E-state index is 0.0920. The van der Waals surface area contributed by atoms with Crippen LogP contribution in [0.5, 0.6) is 5.75 Å². The maximum absolute atomic E-state index is 12.2. The third-order valence-electron chi connectivity index (χ3n) is 4.10. The number of hydrogen-bond acceptors (Lipinski definition) is 4. The summed E-state index contributed by atoms with van der Waals surface area (Å²) in [6.07, 6.45) is 2.35. The number of anilines is 1. The van der Waals surface area contributed by atoms with E-state index >= 15 is 0 Å². The van der Waals surface area contributed by atoms with Crippen LogP contribution in [0.2, 0.25) is 0 Å². The third-order valence-corrected chi connectivity index (χ3v) is 4.10. The number of ether oxygens (including phenoxy) is 1. The fraction of sp³-hybridized carbons (Fsp3) is 0.286. The Labute approximate surface area is 157 Å². The van der Waals surface area contributed by atoms with Crippen molar-refractivity contribution in [1.29, 1.82) is 0 Å². The van der Waals surface area contributed by atoms with Crippen LogP contribution < -0.4 is 15.6 Å². The van der Waals surface area contributed by atoms with Gasteiger partial charge in [-0.2, -0.15) is 0 Å². The van der Waals surface area contributed by atoms with Gasteiger partial charge >= 0.3 is 0 Å². The van der Waals surface area contributed by atoms with Crippen LogP contribution in [-0.4, -0.2) is 22.5 Å². The lowest BCUT2D eigenvalue weighted by atomic mass is 10.2. The quantitative estimate of drug-likeness (QED) is 0.638. The van der Waals surface area contributed by atoms with Gasteiger partial charge in [0.15, 0.2) is 0 Å². The van der Waals surface area contributed by atoms with E-state index in [-0.39, 0.29) is 11.5 Å². The second-order valence-electron chi connectivity index (χ2n) is 6.28. The molecule has 6 heteroatoms. The van der Waals surface area contributed by atoms with Crippen molar-refractivity contribution in [1.82, 2.24) is 9.97 Å². The Bertz CT molecular complexity index is 982. The Morgan fingerprint density at radius 2 is 1.93 bits per heavy atom. The number of para-hydroxylation sites is 3. The van der Waals surface area contributed by atoms with Crippen molar-refractivity contribution in [2.45, 2.75) is 32.6 Å². The molecule has 0 bridgehead atoms. The van der Waals surface area contributed by atoms with E-state index in [0.717, 1.165) is 6.42 Å². The summed E-state index contributed by atoms with van der Waals surface area (Å²) in [7, 11) is 0. The standard InChI is InChI=1S/C21H23N3O3/c1-2-14-27-18-11-6-5-10-17(18)23-20(25)13-7-12-19-22-16-9-4-3-8-15(16)21(26)24-19/h3-6,8-11H,2,7,12-14H2,1H3,(H,23,25)(H,22,24,26). The Morgan fingerprint density at radius 3 is 2.78 bits per heavy atom. The van der Waals surface area contributed by atoms with Gasteiger partial charge in [-0.1, -0.05) is 31.2 Å². The van der Waals surface area contributed by atoms with Crippen LogP contribution in [0.15, 0.2) is 53.3 Å². The minimum Gasteiger partial charge on any atom is -0.491 e. The largest absolute Gasteiger partial charge is 0.491 e. The number of hydrogen-bond donors (Lipinski definition) is 2. The number of nitrogens with one attached hydrogen (secondary N) is 2. The van der Waals surface area contributed by atoms with Gasteiger partial charge in [0.05, 0.1) is 23.2 Å². The molecule has 0 unspecified atom stereocenters. The summed E-state index contributed by atoms with van der Waals surface area (Å²) in [6.45, 7) is 2.64. The number of fused-ring (bicyclic) bond motifs is 1. The smallest absolute Gasteiger partial charge is 0.258 e. The van der Waals surface area contributed by atoms with Gasteiger partial charge in [-0.3, -0.25) is 9.59 Å². The molecule has 0 aliphatic carbocycles. The molecule has 0 saturated carbocycles. The highest BCUT2D eigenvalue weighted by atomic mass is 16.5. The first kappa shape index (κ1) is 18.6. The van der Waals surface area contributed by atoms with Crippen molar-refractivity contribution >= 4 is 22.5 Å². The zero-order chi connectivity index (χ0) is 19.1. The van der Waals surface area contributed by atoms with Crippen LogP contribution in [-0.2, 0) is 11.2 Å². The summed E-state index contributed by atoms with van der Waals surface area (Å²) in [5, 5.41) is 3.46. The summed E-state index contributed by atoms with van der Waals surface area (Å²) < 4.78 is 5.65. The molecule has 3 aromatic rings. The molecule has 1 amide bonds. The van der Waals surface area contributed by atoms with E-state index in [2.05, 4.69) is 15.3 Å². The average Bonchev–Trinajstić information content (AvgIpc) is 2.67. The molecule has 2 N–H and O–H groups in total. The van der Waals surface area contributed by atoms with Crippen LogP contribution in [0.25, 0.3) is 10.9 Å². The van der Waals surface area contributed by atoms with Crippen LogP contribution in [0.4, 0.5) is 5.69 Å². The number of H-pyrrole nitrogens is 1. The number of aryl methyl sites for hydroxylation is 1. The third kappa shape index (κ3) is 4.94. The normalized spacial score (nSPS) is 10.7. The molecule has 1 heterocycles. The number of nitrogens with zero attached hydrogens (tertiary/aromatic N) is 1. The average molecular weight is 365 g/mol. The summed E-state index contributed by atoms with van der Waals surface area (Å²) in [6, 6.07) is 14.6. The second-order valence-corrected chi connectivity index (χ2v) is 6.28. The highest BCUT2D eigenvalue weighted by Crippen LogP contribution is 2.24. The van der Waals surface area contributed by atoms with E-state index in [0.29, 0.717) is 54.0 Å². The molecular formula is C21H23N3O3. The molecular weight excluding hydrogens is 342 g/mol. The molecule has 0 aliphatic heterocycles. The molecule has 1 aromatic heterocycles. The van der Waals surface area contributed by atoms with E-state index < -0.39 is 0 Å². The SMILES string of the molecule is CCCOc1ccccc1NC(=O)CCCc1nc2ccccc2c(=O)[nH]1. The highest BCUT2D eigenvalue weighted by Gasteiger charge is 2.09. The predicted octanol–water partition coefficient (Wildman–Crippen LogP) is 3.67. The maximum Gasteiger partial charge on any atom is 0.258 e. The monoisotopic (exact) mass is 365 g/mol. The van der Waals surface area contributed by atoms with Crippen molar-refractivity contribution < 1.29 is 9.53 Å². The molecule has 140 valence electrons. The summed E-state index contributed by atoms with van der Waals surface area (Å²) in [5.74, 6) is 1.18. The first-order chi connectivity index (χ1) is 13.2. The first-order valence-electron chi connectivity index (χ1n) is 9.17. The number of carbonyl (C=O) groups excluding carboxylic acids is 1. The van der Waals surface area contributed by atoms with Crippen molar-refractivity contribution in [3.05, 3.63) is 64.7 Å². The van der Waals surface area contributed by atoms with Gasteiger partial charge in [0, 0.05) is 12.8 Å². The van der Waals surface area contributed by atoms with E-state index in [4.69, 9.17) is 4.74 Å². The predicted molar refractivity (Wildman–Crippen MR) is 106 cm³/mol. The van der Waals surface area contributed by atoms with E-state index in [1.54, 1.807) is 6.07 Å². The highest BCUT2D eigenvalue weighted by molar-refractivity contribution is 5.92. The molecule has 0 spiro atoms. The van der Waals surface area contributed by atoms with Crippen LogP contribution in [0, 0.1) is 0 Å². The Hall–Kier alpha value is -3.15. The van der Waals surface area contributed by atoms with E-state index in [9.17, 15) is 9.59 Å². The lowest BCUT2D eigenvalue weighted by Crippen LogP contribution is -2.14. The maximum atomic E-state index is 12.2. The van der Waals surface area contributed by atoms with Crippen LogP contribution in [0.3, 0.4) is 0 Å². The summed E-state index contributed by atoms with van der Waals surface area (Å²) in [5.41, 5.74) is 1.19. The van der Waals surface area contributed by atoms with Gasteiger partial charge in [-0.15, -0.1) is 0 Å². The zero-order valence-electron chi connectivity index (χ0n) is 15.3. The molecule has 0 fully saturated rings. The molecule has 0 aliphatic rings. The molecule has 0 saturated heterocycles. The summed E-state index contributed by atoms with van der Waals surface area (Å²) in [4.78, 5) is 31.6. The topological polar surface area (TPSA) is 84.1 Å². The lowest BCUT2D eigenvalue weighted by Gasteiger charge is -2.11. The Kier molecular flexibility index (Phi) is 6.20. The van der Waals surface area contributed by atoms with Crippen LogP contribution >= 0.6 is 0 Å². The van der Waals surface area contributed by atoms with Gasteiger partial charge < -0.3 is 15.0 Å². The van der Waals surface area contributed by atoms with Gasteiger partial charge in [0.1, 0.15) is 11.6 Å². The number of aromatic amines is 1. The number of carbonyl (C=O) groups is 1. The van der Waals surface area contributed by atoms with E-state index in [1.165, 1.54) is 0 Å².